The van der Waals surface area contributed by atoms with Crippen LogP contribution in [0.25, 0.3) is 0 Å². The molecule has 5 rings (SSSR count). The van der Waals surface area contributed by atoms with Crippen LogP contribution in [-0.2, 0) is 10.8 Å². The highest BCUT2D eigenvalue weighted by Gasteiger charge is 2.55. The fraction of sp³-hybridized carbons (Fsp3) is 0.417. The predicted molar refractivity (Wildman–Crippen MR) is 110 cm³/mol. The van der Waals surface area contributed by atoms with Gasteiger partial charge in [0.15, 0.2) is 0 Å². The van der Waals surface area contributed by atoms with Crippen LogP contribution in [0, 0.1) is 0 Å². The average Bonchev–Trinajstić information content (AvgIpc) is 2.83. The normalized spacial score (nSPS) is 27.2. The van der Waals surface area contributed by atoms with Crippen molar-refractivity contribution in [3.8, 4) is 0 Å². The van der Waals surface area contributed by atoms with Crippen molar-refractivity contribution in [2.24, 2.45) is 0 Å². The molecule has 3 heterocycles. The molecule has 0 amide bonds. The van der Waals surface area contributed by atoms with E-state index in [0.717, 1.165) is 13.1 Å². The lowest BCUT2D eigenvalue weighted by Crippen LogP contribution is -2.52. The lowest BCUT2D eigenvalue weighted by Gasteiger charge is -2.43. The summed E-state index contributed by atoms with van der Waals surface area (Å²) in [5, 5.41) is 0. The number of hydrogen-bond donors (Lipinski definition) is 0. The van der Waals surface area contributed by atoms with Gasteiger partial charge >= 0.3 is 0 Å². The van der Waals surface area contributed by atoms with Crippen LogP contribution in [0.4, 0.5) is 11.4 Å². The van der Waals surface area contributed by atoms with E-state index in [4.69, 9.17) is 0 Å². The lowest BCUT2D eigenvalue weighted by atomic mass is 9.69. The molecule has 1 atom stereocenters. The van der Waals surface area contributed by atoms with Gasteiger partial charge in [0.05, 0.1) is 5.54 Å². The summed E-state index contributed by atoms with van der Waals surface area (Å²) in [6.07, 6.45) is 2.58. The highest BCUT2D eigenvalue weighted by Crippen LogP contribution is 2.56. The van der Waals surface area contributed by atoms with Gasteiger partial charge in [-0.3, -0.25) is 0 Å². The van der Waals surface area contributed by atoms with Crippen LogP contribution in [-0.4, -0.2) is 18.6 Å². The van der Waals surface area contributed by atoms with Crippen LogP contribution >= 0.6 is 0 Å². The third-order valence-corrected chi connectivity index (χ3v) is 7.46. The van der Waals surface area contributed by atoms with E-state index in [0.29, 0.717) is 0 Å². The largest absolute Gasteiger partial charge is 0.360 e. The maximum Gasteiger partial charge on any atom is 0.0669 e. The number of nitrogens with zero attached hydrogens (tertiary/aromatic N) is 2. The van der Waals surface area contributed by atoms with Crippen molar-refractivity contribution < 1.29 is 0 Å². The summed E-state index contributed by atoms with van der Waals surface area (Å²) in [7, 11) is 0. The third kappa shape index (κ3) is 1.68. The third-order valence-electron chi connectivity index (χ3n) is 7.46. The first-order valence-electron chi connectivity index (χ1n) is 9.76. The molecule has 3 aliphatic rings. The van der Waals surface area contributed by atoms with Gasteiger partial charge in [0.1, 0.15) is 0 Å². The average molecular weight is 345 g/mol. The van der Waals surface area contributed by atoms with E-state index in [9.17, 15) is 0 Å². The molecule has 2 aromatic carbocycles. The van der Waals surface area contributed by atoms with E-state index >= 15 is 0 Å². The van der Waals surface area contributed by atoms with Gasteiger partial charge in [-0.2, -0.15) is 0 Å². The van der Waals surface area contributed by atoms with E-state index in [2.05, 4.69) is 99.0 Å². The smallest absolute Gasteiger partial charge is 0.0669 e. The summed E-state index contributed by atoms with van der Waals surface area (Å²) >= 11 is 0. The summed E-state index contributed by atoms with van der Waals surface area (Å²) in [6.45, 7) is 14.1. The maximum absolute atomic E-state index is 2.65. The van der Waals surface area contributed by atoms with Crippen LogP contribution in [0.5, 0.6) is 0 Å². The van der Waals surface area contributed by atoms with Gasteiger partial charge in [0.25, 0.3) is 0 Å². The zero-order valence-corrected chi connectivity index (χ0v) is 16.5. The Kier molecular flexibility index (Phi) is 2.91. The zero-order valence-electron chi connectivity index (χ0n) is 16.5. The second-order valence-electron chi connectivity index (χ2n) is 9.26. The Balaban J connectivity index is 1.75. The molecule has 2 heteroatoms. The Bertz CT molecular complexity index is 937. The first kappa shape index (κ1) is 16.0. The summed E-state index contributed by atoms with van der Waals surface area (Å²) in [5.74, 6) is 0. The minimum Gasteiger partial charge on any atom is -0.360 e. The van der Waals surface area contributed by atoms with E-state index in [-0.39, 0.29) is 16.4 Å². The second-order valence-corrected chi connectivity index (χ2v) is 9.26. The molecule has 0 N–H and O–H groups in total. The second kappa shape index (κ2) is 4.73. The first-order valence-corrected chi connectivity index (χ1v) is 9.76. The van der Waals surface area contributed by atoms with Crippen LogP contribution < -0.4 is 9.80 Å². The van der Waals surface area contributed by atoms with Crippen molar-refractivity contribution in [1.82, 2.24) is 0 Å². The zero-order chi connectivity index (χ0) is 18.3. The number of hydrogen-bond acceptors (Lipinski definition) is 2. The SMILES string of the molecule is CC1(C)C2=C[C@@]3(C)N(CCN2c2ccccc21)c1ccccc1C3(C)C. The fourth-order valence-corrected chi connectivity index (χ4v) is 5.52. The van der Waals surface area contributed by atoms with Crippen molar-refractivity contribution in [2.75, 3.05) is 22.9 Å². The minimum atomic E-state index is -0.0277. The molecule has 0 spiro atoms. The minimum absolute atomic E-state index is 0.0277. The van der Waals surface area contributed by atoms with E-state index in [1.54, 1.807) is 0 Å². The van der Waals surface area contributed by atoms with Crippen molar-refractivity contribution >= 4 is 11.4 Å². The Morgan fingerprint density at radius 1 is 0.731 bits per heavy atom. The van der Waals surface area contributed by atoms with Gasteiger partial charge in [-0.15, -0.1) is 0 Å². The number of allylic oxidation sites excluding steroid dienone is 1. The number of rotatable bonds is 0. The van der Waals surface area contributed by atoms with Gasteiger partial charge in [0.2, 0.25) is 0 Å². The molecule has 0 radical (unpaired) electrons. The Labute approximate surface area is 157 Å². The molecular formula is C24H28N2. The molecule has 134 valence electrons. The summed E-state index contributed by atoms with van der Waals surface area (Å²) < 4.78 is 0. The molecule has 0 bridgehead atoms. The number of anilines is 2. The highest BCUT2D eigenvalue weighted by molar-refractivity contribution is 5.75. The molecule has 3 aliphatic heterocycles. The summed E-state index contributed by atoms with van der Waals surface area (Å²) in [6, 6.07) is 17.9. The molecule has 0 fully saturated rings. The first-order chi connectivity index (χ1) is 12.3. The van der Waals surface area contributed by atoms with E-state index < -0.39 is 0 Å². The molecule has 0 saturated carbocycles. The number of fused-ring (bicyclic) bond motifs is 6. The van der Waals surface area contributed by atoms with Crippen molar-refractivity contribution in [2.45, 2.75) is 51.0 Å². The molecule has 0 aromatic heterocycles. The maximum atomic E-state index is 2.65. The van der Waals surface area contributed by atoms with Crippen LogP contribution in [0.2, 0.25) is 0 Å². The van der Waals surface area contributed by atoms with Crippen molar-refractivity contribution in [1.29, 1.82) is 0 Å². The molecule has 0 unspecified atom stereocenters. The van der Waals surface area contributed by atoms with Gasteiger partial charge in [-0.05, 0) is 36.3 Å². The number of para-hydroxylation sites is 2. The topological polar surface area (TPSA) is 6.48 Å². The predicted octanol–water partition coefficient (Wildman–Crippen LogP) is 5.24. The van der Waals surface area contributed by atoms with Crippen LogP contribution in [0.15, 0.2) is 60.3 Å². The monoisotopic (exact) mass is 344 g/mol. The molecular weight excluding hydrogens is 316 g/mol. The van der Waals surface area contributed by atoms with Gasteiger partial charge < -0.3 is 9.80 Å². The number of benzene rings is 2. The molecule has 0 aliphatic carbocycles. The van der Waals surface area contributed by atoms with Crippen LogP contribution in [0.3, 0.4) is 0 Å². The van der Waals surface area contributed by atoms with Gasteiger partial charge in [-0.1, -0.05) is 64.1 Å². The van der Waals surface area contributed by atoms with E-state index in [1.165, 1.54) is 28.2 Å². The highest BCUT2D eigenvalue weighted by atomic mass is 15.3. The van der Waals surface area contributed by atoms with Crippen molar-refractivity contribution in [3.05, 3.63) is 71.4 Å². The standard InChI is InChI=1S/C24H28N2/c1-22(2)17-10-6-8-12-19(17)25-14-15-26-20-13-9-7-11-18(20)23(3,4)24(26,5)16-21(22)25/h6-13,16H,14-15H2,1-5H3/t24-/m1/s1. The van der Waals surface area contributed by atoms with Crippen molar-refractivity contribution in [3.63, 3.8) is 0 Å². The summed E-state index contributed by atoms with van der Waals surface area (Å²) in [5.41, 5.74) is 7.27. The quantitative estimate of drug-likeness (QED) is 0.645. The Morgan fingerprint density at radius 2 is 1.35 bits per heavy atom. The fourth-order valence-electron chi connectivity index (χ4n) is 5.52. The molecule has 0 saturated heterocycles. The Morgan fingerprint density at radius 3 is 2.08 bits per heavy atom. The lowest BCUT2D eigenvalue weighted by molar-refractivity contribution is 0.352. The van der Waals surface area contributed by atoms with Gasteiger partial charge in [0, 0.05) is 41.0 Å². The molecule has 2 aromatic rings. The van der Waals surface area contributed by atoms with Crippen LogP contribution in [0.1, 0.15) is 45.7 Å². The molecule has 2 nitrogen and oxygen atoms in total. The summed E-state index contributed by atoms with van der Waals surface area (Å²) in [4.78, 5) is 5.21. The van der Waals surface area contributed by atoms with E-state index in [1.807, 2.05) is 0 Å². The Hall–Kier alpha value is -2.22. The van der Waals surface area contributed by atoms with Gasteiger partial charge in [-0.25, -0.2) is 0 Å². The molecule has 26 heavy (non-hydrogen) atoms.